The quantitative estimate of drug-likeness (QED) is 0.636. The minimum Gasteiger partial charge on any atom is -0.383 e. The van der Waals surface area contributed by atoms with Gasteiger partial charge in [-0.1, -0.05) is 12.1 Å². The van der Waals surface area contributed by atoms with Crippen LogP contribution in [0, 0.1) is 0 Å². The molecule has 9 heteroatoms. The van der Waals surface area contributed by atoms with Gasteiger partial charge in [-0.3, -0.25) is 4.79 Å². The van der Waals surface area contributed by atoms with Gasteiger partial charge in [-0.15, -0.1) is 10.2 Å². The third-order valence-electron chi connectivity index (χ3n) is 2.75. The topological polar surface area (TPSA) is 135 Å². The van der Waals surface area contributed by atoms with Crippen LogP contribution >= 0.6 is 0 Å². The number of nitrogens with two attached hydrogens (primary N) is 1. The highest BCUT2D eigenvalue weighted by molar-refractivity contribution is 6.08. The van der Waals surface area contributed by atoms with Crippen molar-refractivity contribution in [3.63, 3.8) is 0 Å². The third kappa shape index (κ3) is 2.52. The molecule has 0 aliphatic carbocycles. The molecule has 2 heterocycles. The van der Waals surface area contributed by atoms with E-state index < -0.39 is 5.91 Å². The van der Waals surface area contributed by atoms with Gasteiger partial charge in [-0.2, -0.15) is 5.21 Å². The second-order valence-electron chi connectivity index (χ2n) is 4.06. The van der Waals surface area contributed by atoms with Crippen LogP contribution in [0.15, 0.2) is 36.8 Å². The van der Waals surface area contributed by atoms with Gasteiger partial charge in [-0.05, 0) is 17.3 Å². The Morgan fingerprint density at radius 1 is 1.29 bits per heavy atom. The number of carbonyl (C=O) groups is 1. The maximum atomic E-state index is 12.2. The van der Waals surface area contributed by atoms with Gasteiger partial charge < -0.3 is 11.1 Å². The van der Waals surface area contributed by atoms with E-state index in [1.165, 1.54) is 12.5 Å². The molecule has 0 aliphatic heterocycles. The fourth-order valence-electron chi connectivity index (χ4n) is 1.77. The number of nitrogens with one attached hydrogen (secondary N) is 2. The first-order valence-electron chi connectivity index (χ1n) is 5.95. The van der Waals surface area contributed by atoms with Crippen LogP contribution in [0.3, 0.4) is 0 Å². The number of nitrogen functional groups attached to an aromatic ring is 1. The highest BCUT2D eigenvalue weighted by Gasteiger charge is 2.15. The Labute approximate surface area is 118 Å². The predicted octanol–water partition coefficient (Wildman–Crippen LogP) is 0.491. The summed E-state index contributed by atoms with van der Waals surface area (Å²) in [6.45, 7) is 0. The van der Waals surface area contributed by atoms with Gasteiger partial charge >= 0.3 is 0 Å². The van der Waals surface area contributed by atoms with Gasteiger partial charge in [0.2, 0.25) is 5.82 Å². The number of nitrogens with zero attached hydrogens (tertiary/aromatic N) is 5. The molecule has 4 N–H and O–H groups in total. The zero-order valence-electron chi connectivity index (χ0n) is 10.7. The lowest BCUT2D eigenvalue weighted by Gasteiger charge is -2.09. The van der Waals surface area contributed by atoms with E-state index in [9.17, 15) is 4.79 Å². The summed E-state index contributed by atoms with van der Waals surface area (Å²) in [5.41, 5.74) is 7.02. The molecule has 0 saturated carbocycles. The fourth-order valence-corrected chi connectivity index (χ4v) is 1.77. The molecule has 0 saturated heterocycles. The highest BCUT2D eigenvalue weighted by atomic mass is 16.1. The number of hydrogen-bond donors (Lipinski definition) is 3. The lowest BCUT2D eigenvalue weighted by Crippen LogP contribution is -2.15. The zero-order chi connectivity index (χ0) is 14.7. The van der Waals surface area contributed by atoms with E-state index in [2.05, 4.69) is 35.9 Å². The standard InChI is InChI=1S/C12H10N8O/c13-10-8(5-14-6-15-10)12(21)16-9-4-2-1-3-7(9)11-17-19-20-18-11/h1-6H,(H,16,21)(H2,13,14,15)(H,17,18,19,20). The van der Waals surface area contributed by atoms with Crippen LogP contribution in [0.25, 0.3) is 11.4 Å². The fraction of sp³-hybridized carbons (Fsp3) is 0. The number of benzene rings is 1. The van der Waals surface area contributed by atoms with Crippen molar-refractivity contribution in [3.05, 3.63) is 42.4 Å². The molecular weight excluding hydrogens is 272 g/mol. The average Bonchev–Trinajstić information content (AvgIpc) is 3.02. The van der Waals surface area contributed by atoms with E-state index in [0.717, 1.165) is 0 Å². The number of carbonyl (C=O) groups excluding carboxylic acids is 1. The predicted molar refractivity (Wildman–Crippen MR) is 74.0 cm³/mol. The van der Waals surface area contributed by atoms with Crippen LogP contribution in [-0.2, 0) is 0 Å². The average molecular weight is 282 g/mol. The van der Waals surface area contributed by atoms with Crippen LogP contribution in [-0.4, -0.2) is 36.5 Å². The Hall–Kier alpha value is -3.36. The third-order valence-corrected chi connectivity index (χ3v) is 2.75. The Morgan fingerprint density at radius 3 is 2.90 bits per heavy atom. The van der Waals surface area contributed by atoms with Crippen LogP contribution in [0.5, 0.6) is 0 Å². The second-order valence-corrected chi connectivity index (χ2v) is 4.06. The highest BCUT2D eigenvalue weighted by Crippen LogP contribution is 2.24. The van der Waals surface area contributed by atoms with Gasteiger partial charge in [-0.25, -0.2) is 9.97 Å². The molecule has 1 amide bonds. The van der Waals surface area contributed by atoms with Crippen molar-refractivity contribution in [2.24, 2.45) is 0 Å². The lowest BCUT2D eigenvalue weighted by molar-refractivity contribution is 0.102. The number of aromatic nitrogens is 6. The minimum absolute atomic E-state index is 0.111. The number of tetrazole rings is 1. The summed E-state index contributed by atoms with van der Waals surface area (Å²) in [4.78, 5) is 19.8. The molecule has 0 fully saturated rings. The van der Waals surface area contributed by atoms with Crippen LogP contribution in [0.4, 0.5) is 11.5 Å². The number of H-pyrrole nitrogens is 1. The summed E-state index contributed by atoms with van der Waals surface area (Å²) in [5, 5.41) is 16.4. The number of hydrogen-bond acceptors (Lipinski definition) is 7. The smallest absolute Gasteiger partial charge is 0.261 e. The number of amides is 1. The van der Waals surface area contributed by atoms with Crippen LogP contribution in [0.1, 0.15) is 10.4 Å². The van der Waals surface area contributed by atoms with Crippen molar-refractivity contribution in [3.8, 4) is 11.4 Å². The molecule has 0 aliphatic rings. The zero-order valence-corrected chi connectivity index (χ0v) is 10.7. The van der Waals surface area contributed by atoms with Crippen molar-refractivity contribution >= 4 is 17.4 Å². The number of para-hydroxylation sites is 1. The molecule has 9 nitrogen and oxygen atoms in total. The first-order chi connectivity index (χ1) is 10.3. The number of aromatic amines is 1. The van der Waals surface area contributed by atoms with Gasteiger partial charge in [0.1, 0.15) is 17.7 Å². The van der Waals surface area contributed by atoms with E-state index in [-0.39, 0.29) is 11.4 Å². The van der Waals surface area contributed by atoms with Crippen molar-refractivity contribution in [2.45, 2.75) is 0 Å². The molecule has 1 aromatic carbocycles. The molecule has 0 spiro atoms. The van der Waals surface area contributed by atoms with Crippen LogP contribution < -0.4 is 11.1 Å². The van der Waals surface area contributed by atoms with Crippen molar-refractivity contribution in [2.75, 3.05) is 11.1 Å². The van der Waals surface area contributed by atoms with Gasteiger partial charge in [0.25, 0.3) is 5.91 Å². The molecule has 0 unspecified atom stereocenters. The molecular formula is C12H10N8O. The molecule has 2 aromatic heterocycles. The molecule has 3 aromatic rings. The lowest BCUT2D eigenvalue weighted by atomic mass is 10.1. The van der Waals surface area contributed by atoms with Crippen molar-refractivity contribution < 1.29 is 4.79 Å². The summed E-state index contributed by atoms with van der Waals surface area (Å²) in [6, 6.07) is 7.08. The second kappa shape index (κ2) is 5.33. The minimum atomic E-state index is -0.413. The number of rotatable bonds is 3. The molecule has 0 radical (unpaired) electrons. The summed E-state index contributed by atoms with van der Waals surface area (Å²) >= 11 is 0. The summed E-state index contributed by atoms with van der Waals surface area (Å²) < 4.78 is 0. The Bertz CT molecular complexity index is 770. The van der Waals surface area contributed by atoms with E-state index in [0.29, 0.717) is 17.1 Å². The maximum Gasteiger partial charge on any atom is 0.261 e. The first-order valence-corrected chi connectivity index (χ1v) is 5.95. The summed E-state index contributed by atoms with van der Waals surface area (Å²) in [5.74, 6) is 0.0757. The summed E-state index contributed by atoms with van der Waals surface area (Å²) in [6.07, 6.45) is 2.63. The molecule has 21 heavy (non-hydrogen) atoms. The van der Waals surface area contributed by atoms with Crippen molar-refractivity contribution in [1.29, 1.82) is 0 Å². The van der Waals surface area contributed by atoms with Crippen LogP contribution in [0.2, 0.25) is 0 Å². The van der Waals surface area contributed by atoms with Gasteiger partial charge in [0, 0.05) is 11.8 Å². The Kier molecular flexibility index (Phi) is 3.21. The first kappa shape index (κ1) is 12.7. The van der Waals surface area contributed by atoms with E-state index >= 15 is 0 Å². The number of anilines is 2. The molecule has 3 rings (SSSR count). The SMILES string of the molecule is Nc1ncncc1C(=O)Nc1ccccc1-c1nn[nH]n1. The maximum absolute atomic E-state index is 12.2. The molecule has 104 valence electrons. The Balaban J connectivity index is 1.93. The molecule has 0 bridgehead atoms. The van der Waals surface area contributed by atoms with Crippen molar-refractivity contribution in [1.82, 2.24) is 30.6 Å². The van der Waals surface area contributed by atoms with E-state index in [4.69, 9.17) is 5.73 Å². The molecule has 0 atom stereocenters. The van der Waals surface area contributed by atoms with E-state index in [1.807, 2.05) is 0 Å². The van der Waals surface area contributed by atoms with Gasteiger partial charge in [0.05, 0.1) is 5.69 Å². The van der Waals surface area contributed by atoms with E-state index in [1.54, 1.807) is 24.3 Å². The Morgan fingerprint density at radius 2 is 2.14 bits per heavy atom. The normalized spacial score (nSPS) is 10.3. The largest absolute Gasteiger partial charge is 0.383 e. The summed E-state index contributed by atoms with van der Waals surface area (Å²) in [7, 11) is 0. The monoisotopic (exact) mass is 282 g/mol. The van der Waals surface area contributed by atoms with Gasteiger partial charge in [0.15, 0.2) is 0 Å².